The van der Waals surface area contributed by atoms with Gasteiger partial charge in [-0.05, 0) is 53.0 Å². The van der Waals surface area contributed by atoms with E-state index in [4.69, 9.17) is 4.74 Å². The molecule has 2 amide bonds. The Balaban J connectivity index is 1.81. The van der Waals surface area contributed by atoms with Gasteiger partial charge in [0.1, 0.15) is 23.2 Å². The van der Waals surface area contributed by atoms with E-state index in [1.54, 1.807) is 0 Å². The SMILES string of the molecule is COc1cc(NC(=O)[C@@H](NC(=O)c2nonc2SC(F)F)C2CCCCC2)ccc1S(=O)(=O)NCC(F)(F)F. The lowest BCUT2D eigenvalue weighted by Gasteiger charge is -2.30. The number of rotatable bonds is 11. The van der Waals surface area contributed by atoms with Gasteiger partial charge < -0.3 is 15.4 Å². The van der Waals surface area contributed by atoms with Crippen LogP contribution in [0.4, 0.5) is 27.6 Å². The fourth-order valence-electron chi connectivity index (χ4n) is 4.00. The van der Waals surface area contributed by atoms with Crippen molar-refractivity contribution in [2.24, 2.45) is 5.92 Å². The zero-order valence-corrected chi connectivity index (χ0v) is 21.9. The number of nitrogens with zero attached hydrogens (tertiary/aromatic N) is 2. The van der Waals surface area contributed by atoms with Gasteiger partial charge in [-0.1, -0.05) is 19.3 Å². The van der Waals surface area contributed by atoms with Crippen molar-refractivity contribution in [3.63, 3.8) is 0 Å². The van der Waals surface area contributed by atoms with Crippen molar-refractivity contribution in [2.45, 2.75) is 60.0 Å². The Morgan fingerprint density at radius 3 is 2.49 bits per heavy atom. The smallest absolute Gasteiger partial charge is 0.402 e. The van der Waals surface area contributed by atoms with Gasteiger partial charge in [-0.15, -0.1) is 0 Å². The average molecular weight is 602 g/mol. The van der Waals surface area contributed by atoms with Crippen molar-refractivity contribution in [3.8, 4) is 5.75 Å². The highest BCUT2D eigenvalue weighted by Crippen LogP contribution is 2.31. The fraction of sp³-hybridized carbons (Fsp3) is 0.524. The standard InChI is InChI=1S/C21H24F5N5O6S2/c1-36-13-9-12(7-8-14(13)39(34,35)27-10-21(24,25)26)28-17(32)15(11-5-3-2-4-6-11)29-18(33)16-19(31-37-30-16)38-20(22)23/h7-9,11,15,20,27H,2-6,10H2,1H3,(H,28,32)(H,29,33)/t15-/m0/s1. The van der Waals surface area contributed by atoms with Gasteiger partial charge in [0.15, 0.2) is 5.03 Å². The molecule has 0 unspecified atom stereocenters. The Morgan fingerprint density at radius 2 is 1.87 bits per heavy atom. The molecule has 1 atom stereocenters. The molecule has 1 aromatic heterocycles. The average Bonchev–Trinajstić information content (AvgIpc) is 3.33. The molecule has 1 aliphatic rings. The zero-order valence-electron chi connectivity index (χ0n) is 20.3. The highest BCUT2D eigenvalue weighted by atomic mass is 32.2. The molecule has 11 nitrogen and oxygen atoms in total. The van der Waals surface area contributed by atoms with Crippen LogP contribution < -0.4 is 20.1 Å². The van der Waals surface area contributed by atoms with Crippen molar-refractivity contribution in [3.05, 3.63) is 23.9 Å². The van der Waals surface area contributed by atoms with Crippen LogP contribution in [0.3, 0.4) is 0 Å². The van der Waals surface area contributed by atoms with E-state index in [1.807, 2.05) is 0 Å². The summed E-state index contributed by atoms with van der Waals surface area (Å²) in [7, 11) is -3.52. The lowest BCUT2D eigenvalue weighted by atomic mass is 9.83. The minimum atomic E-state index is -4.78. The number of hydrogen-bond acceptors (Lipinski definition) is 9. The highest BCUT2D eigenvalue weighted by Gasteiger charge is 2.34. The molecule has 1 saturated carbocycles. The maximum atomic E-state index is 13.3. The second kappa shape index (κ2) is 12.9. The van der Waals surface area contributed by atoms with E-state index in [9.17, 15) is 40.0 Å². The number of carbonyl (C=O) groups excluding carboxylic acids is 2. The van der Waals surface area contributed by atoms with Gasteiger partial charge in [0.05, 0.1) is 7.11 Å². The number of halogens is 5. The van der Waals surface area contributed by atoms with E-state index < -0.39 is 62.0 Å². The Morgan fingerprint density at radius 1 is 1.18 bits per heavy atom. The predicted octanol–water partition coefficient (Wildman–Crippen LogP) is 3.55. The first kappa shape index (κ1) is 30.6. The van der Waals surface area contributed by atoms with Gasteiger partial charge >= 0.3 is 6.18 Å². The third kappa shape index (κ3) is 8.50. The summed E-state index contributed by atoms with van der Waals surface area (Å²) in [6, 6.07) is 2.05. The number of methoxy groups -OCH3 is 1. The monoisotopic (exact) mass is 601 g/mol. The van der Waals surface area contributed by atoms with E-state index in [2.05, 4.69) is 25.6 Å². The van der Waals surface area contributed by atoms with Crippen LogP contribution in [0.2, 0.25) is 0 Å². The number of anilines is 1. The maximum Gasteiger partial charge on any atom is 0.402 e. The van der Waals surface area contributed by atoms with Crippen LogP contribution in [-0.2, 0) is 14.8 Å². The first-order valence-electron chi connectivity index (χ1n) is 11.4. The van der Waals surface area contributed by atoms with Crippen LogP contribution in [0.5, 0.6) is 5.75 Å². The number of amides is 2. The molecule has 216 valence electrons. The minimum Gasteiger partial charge on any atom is -0.495 e. The number of alkyl halides is 5. The van der Waals surface area contributed by atoms with Crippen molar-refractivity contribution in [2.75, 3.05) is 19.0 Å². The first-order chi connectivity index (χ1) is 18.3. The Bertz CT molecular complexity index is 1270. The molecule has 39 heavy (non-hydrogen) atoms. The first-order valence-corrected chi connectivity index (χ1v) is 13.8. The molecule has 0 radical (unpaired) electrons. The van der Waals surface area contributed by atoms with Crippen LogP contribution in [0, 0.1) is 5.92 Å². The topological polar surface area (TPSA) is 153 Å². The summed E-state index contributed by atoms with van der Waals surface area (Å²) in [6.07, 6.45) is -1.12. The molecule has 1 heterocycles. The van der Waals surface area contributed by atoms with Crippen LogP contribution in [-0.4, -0.2) is 62.2 Å². The minimum absolute atomic E-state index is 0.0266. The van der Waals surface area contributed by atoms with Gasteiger partial charge in [-0.25, -0.2) is 17.8 Å². The van der Waals surface area contributed by atoms with Crippen LogP contribution >= 0.6 is 11.8 Å². The van der Waals surface area contributed by atoms with Gasteiger partial charge in [0.25, 0.3) is 11.7 Å². The van der Waals surface area contributed by atoms with Gasteiger partial charge in [0, 0.05) is 11.8 Å². The van der Waals surface area contributed by atoms with E-state index in [0.717, 1.165) is 44.6 Å². The molecule has 0 aliphatic heterocycles. The zero-order chi connectivity index (χ0) is 28.8. The Labute approximate surface area is 223 Å². The molecule has 2 aromatic rings. The number of thioether (sulfide) groups is 1. The van der Waals surface area contributed by atoms with Gasteiger partial charge in [0.2, 0.25) is 21.6 Å². The largest absolute Gasteiger partial charge is 0.495 e. The number of nitrogens with one attached hydrogen (secondary N) is 3. The van der Waals surface area contributed by atoms with E-state index in [1.165, 1.54) is 4.72 Å². The van der Waals surface area contributed by atoms with E-state index in [0.29, 0.717) is 12.8 Å². The summed E-state index contributed by atoms with van der Waals surface area (Å²) in [5, 5.41) is 11.2. The predicted molar refractivity (Wildman–Crippen MR) is 127 cm³/mol. The number of benzene rings is 1. The Hall–Kier alpha value is -2.99. The normalized spacial score (nSPS) is 15.7. The Kier molecular flexibility index (Phi) is 10.1. The molecule has 18 heteroatoms. The van der Waals surface area contributed by atoms with Crippen molar-refractivity contribution >= 4 is 39.3 Å². The van der Waals surface area contributed by atoms with Crippen molar-refractivity contribution in [1.29, 1.82) is 0 Å². The van der Waals surface area contributed by atoms with Crippen molar-refractivity contribution in [1.82, 2.24) is 20.4 Å². The van der Waals surface area contributed by atoms with E-state index in [-0.39, 0.29) is 29.1 Å². The number of aromatic nitrogens is 2. The summed E-state index contributed by atoms with van der Waals surface area (Å²) >= 11 is -0.0468. The molecule has 1 fully saturated rings. The highest BCUT2D eigenvalue weighted by molar-refractivity contribution is 7.99. The van der Waals surface area contributed by atoms with Crippen molar-refractivity contribution < 1.29 is 49.3 Å². The molecule has 0 bridgehead atoms. The number of ether oxygens (including phenoxy) is 1. The molecular weight excluding hydrogens is 577 g/mol. The second-order valence-electron chi connectivity index (χ2n) is 8.44. The molecule has 0 spiro atoms. The lowest BCUT2D eigenvalue weighted by molar-refractivity contribution is -0.121. The van der Waals surface area contributed by atoms with Crippen LogP contribution in [0.1, 0.15) is 42.6 Å². The summed E-state index contributed by atoms with van der Waals surface area (Å²) in [5.74, 6) is -5.22. The lowest BCUT2D eigenvalue weighted by Crippen LogP contribution is -2.49. The number of carbonyl (C=O) groups is 2. The summed E-state index contributed by atoms with van der Waals surface area (Å²) < 4.78 is 98.6. The molecule has 1 aliphatic carbocycles. The molecule has 1 aromatic carbocycles. The molecular formula is C21H24F5N5O6S2. The summed E-state index contributed by atoms with van der Waals surface area (Å²) in [4.78, 5) is 25.5. The van der Waals surface area contributed by atoms with E-state index >= 15 is 0 Å². The van der Waals surface area contributed by atoms with Gasteiger partial charge in [-0.2, -0.15) is 22.0 Å². The van der Waals surface area contributed by atoms with Crippen LogP contribution in [0.25, 0.3) is 0 Å². The number of hydrogen-bond donors (Lipinski definition) is 3. The maximum absolute atomic E-state index is 13.3. The summed E-state index contributed by atoms with van der Waals surface area (Å²) in [6.45, 7) is -1.79. The fourth-order valence-corrected chi connectivity index (χ4v) is 5.65. The quantitative estimate of drug-likeness (QED) is 0.259. The second-order valence-corrected chi connectivity index (χ2v) is 11.2. The molecule has 0 saturated heterocycles. The molecule has 3 rings (SSSR count). The number of sulfonamides is 1. The summed E-state index contributed by atoms with van der Waals surface area (Å²) in [5.41, 5.74) is -0.491. The third-order valence-corrected chi connectivity index (χ3v) is 7.86. The van der Waals surface area contributed by atoms with Crippen LogP contribution in [0.15, 0.2) is 32.7 Å². The van der Waals surface area contributed by atoms with Gasteiger partial charge in [-0.3, -0.25) is 9.59 Å². The molecule has 3 N–H and O–H groups in total. The third-order valence-electron chi connectivity index (χ3n) is 5.75.